The molecule has 2 fully saturated rings. The normalized spacial score (nSPS) is 15.6. The maximum Gasteiger partial charge on any atom is 0.260 e. The van der Waals surface area contributed by atoms with Crippen LogP contribution in [0.5, 0.6) is 0 Å². The molecular formula is C36H39N7O2. The average Bonchev–Trinajstić information content (AvgIpc) is 3.72. The van der Waals surface area contributed by atoms with Gasteiger partial charge in [-0.25, -0.2) is 9.67 Å². The molecule has 5 aromatic rings. The van der Waals surface area contributed by atoms with Gasteiger partial charge in [0.25, 0.3) is 5.56 Å². The molecular weight excluding hydrogens is 562 g/mol. The number of fused-ring (bicyclic) bond motifs is 1. The zero-order valence-electron chi connectivity index (χ0n) is 26.0. The van der Waals surface area contributed by atoms with Crippen LogP contribution in [0.3, 0.4) is 0 Å². The molecule has 1 amide bonds. The Labute approximate surface area is 262 Å². The van der Waals surface area contributed by atoms with E-state index in [1.165, 1.54) is 42.2 Å². The molecule has 2 aliphatic rings. The van der Waals surface area contributed by atoms with Crippen molar-refractivity contribution < 1.29 is 4.79 Å². The number of aryl methyl sites for hydroxylation is 1. The predicted octanol–water partition coefficient (Wildman–Crippen LogP) is 6.67. The van der Waals surface area contributed by atoms with Crippen molar-refractivity contribution in [1.29, 1.82) is 0 Å². The van der Waals surface area contributed by atoms with Gasteiger partial charge in [-0.2, -0.15) is 10.1 Å². The molecule has 9 heteroatoms. The lowest BCUT2D eigenvalue weighted by molar-refractivity contribution is -0.130. The Morgan fingerprint density at radius 2 is 1.67 bits per heavy atom. The van der Waals surface area contributed by atoms with Crippen LogP contribution in [0.4, 0.5) is 11.6 Å². The number of hydrogen-bond acceptors (Lipinski definition) is 6. The summed E-state index contributed by atoms with van der Waals surface area (Å²) in [6, 6.07) is 20.2. The average molecular weight is 602 g/mol. The van der Waals surface area contributed by atoms with Gasteiger partial charge in [-0.1, -0.05) is 49.6 Å². The van der Waals surface area contributed by atoms with E-state index < -0.39 is 0 Å². The summed E-state index contributed by atoms with van der Waals surface area (Å²) in [6.45, 7) is 5.22. The molecule has 1 saturated heterocycles. The van der Waals surface area contributed by atoms with Crippen molar-refractivity contribution in [3.63, 3.8) is 0 Å². The predicted molar refractivity (Wildman–Crippen MR) is 177 cm³/mol. The third-order valence-electron chi connectivity index (χ3n) is 9.38. The van der Waals surface area contributed by atoms with Crippen LogP contribution in [-0.2, 0) is 11.3 Å². The fourth-order valence-electron chi connectivity index (χ4n) is 7.00. The second-order valence-electron chi connectivity index (χ2n) is 12.4. The molecule has 1 aliphatic heterocycles. The van der Waals surface area contributed by atoms with Crippen molar-refractivity contribution in [2.45, 2.75) is 71.3 Å². The number of amides is 1. The number of rotatable bonds is 7. The van der Waals surface area contributed by atoms with Crippen LogP contribution >= 0.6 is 0 Å². The summed E-state index contributed by atoms with van der Waals surface area (Å²) in [7, 11) is 0. The molecule has 45 heavy (non-hydrogen) atoms. The van der Waals surface area contributed by atoms with Crippen LogP contribution in [0.2, 0.25) is 0 Å². The molecule has 0 unspecified atom stereocenters. The Hall–Kier alpha value is -4.79. The van der Waals surface area contributed by atoms with Crippen molar-refractivity contribution >= 4 is 28.6 Å². The van der Waals surface area contributed by atoms with Gasteiger partial charge in [0.2, 0.25) is 11.9 Å². The van der Waals surface area contributed by atoms with Gasteiger partial charge in [0.15, 0.2) is 0 Å². The largest absolute Gasteiger partial charge is 0.341 e. The first-order chi connectivity index (χ1) is 22.0. The van der Waals surface area contributed by atoms with Crippen LogP contribution in [0.25, 0.3) is 27.8 Å². The third kappa shape index (κ3) is 5.75. The highest BCUT2D eigenvalue weighted by molar-refractivity contribution is 5.85. The summed E-state index contributed by atoms with van der Waals surface area (Å²) >= 11 is 0. The van der Waals surface area contributed by atoms with E-state index in [0.717, 1.165) is 41.2 Å². The summed E-state index contributed by atoms with van der Waals surface area (Å²) in [6.07, 6.45) is 10.1. The van der Waals surface area contributed by atoms with E-state index in [0.29, 0.717) is 41.6 Å². The summed E-state index contributed by atoms with van der Waals surface area (Å²) in [4.78, 5) is 39.0. The highest BCUT2D eigenvalue weighted by Crippen LogP contribution is 2.33. The number of para-hydroxylation sites is 1. The molecule has 9 nitrogen and oxygen atoms in total. The standard InChI is InChI=1S/C36H39N7O2/c1-24-33(25(2)43(40-24)30-13-7-4-8-14-30)31-21-28-22-37-36(38-29-17-15-27(16-18-29)26-11-5-3-6-12-26)39-34(28)42(35(31)45)23-32(44)41-19-9-10-20-41/h4,7-8,13-18,21-22,26H,3,5-6,9-12,19-20,23H2,1-2H3,(H,37,38,39). The summed E-state index contributed by atoms with van der Waals surface area (Å²) in [5.41, 5.74) is 6.17. The van der Waals surface area contributed by atoms with E-state index in [1.807, 2.05) is 59.8 Å². The lowest BCUT2D eigenvalue weighted by Crippen LogP contribution is -2.35. The molecule has 3 aromatic heterocycles. The molecule has 0 spiro atoms. The number of nitrogens with one attached hydrogen (secondary N) is 1. The van der Waals surface area contributed by atoms with Gasteiger partial charge in [0.1, 0.15) is 12.2 Å². The fourth-order valence-corrected chi connectivity index (χ4v) is 7.00. The number of benzene rings is 2. The van der Waals surface area contributed by atoms with Crippen molar-refractivity contribution in [2.24, 2.45) is 0 Å². The fraction of sp³-hybridized carbons (Fsp3) is 0.361. The maximum atomic E-state index is 14.3. The van der Waals surface area contributed by atoms with Crippen molar-refractivity contribution in [2.75, 3.05) is 18.4 Å². The SMILES string of the molecule is Cc1nn(-c2ccccc2)c(C)c1-c1cc2cnc(Nc3ccc(C4CCCCC4)cc3)nc2n(CC(=O)N2CCCC2)c1=O. The number of pyridine rings is 1. The van der Waals surface area contributed by atoms with Gasteiger partial charge in [0, 0.05) is 41.6 Å². The van der Waals surface area contributed by atoms with Crippen molar-refractivity contribution in [3.8, 4) is 16.8 Å². The number of aromatic nitrogens is 5. The summed E-state index contributed by atoms with van der Waals surface area (Å²) < 4.78 is 3.38. The number of anilines is 2. The first-order valence-electron chi connectivity index (χ1n) is 16.1. The molecule has 0 radical (unpaired) electrons. The Kier molecular flexibility index (Phi) is 7.92. The zero-order valence-corrected chi connectivity index (χ0v) is 26.0. The van der Waals surface area contributed by atoms with Crippen LogP contribution < -0.4 is 10.9 Å². The number of hydrogen-bond donors (Lipinski definition) is 1. The van der Waals surface area contributed by atoms with Gasteiger partial charge in [-0.15, -0.1) is 0 Å². The zero-order chi connectivity index (χ0) is 30.9. The van der Waals surface area contributed by atoms with E-state index in [4.69, 9.17) is 10.1 Å². The van der Waals surface area contributed by atoms with E-state index >= 15 is 0 Å². The number of nitrogens with zero attached hydrogens (tertiary/aromatic N) is 6. The minimum atomic E-state index is -0.268. The van der Waals surface area contributed by atoms with Crippen LogP contribution in [-0.4, -0.2) is 48.2 Å². The lowest BCUT2D eigenvalue weighted by atomic mass is 9.84. The topological polar surface area (TPSA) is 97.9 Å². The highest BCUT2D eigenvalue weighted by atomic mass is 16.2. The molecule has 7 rings (SSSR count). The third-order valence-corrected chi connectivity index (χ3v) is 9.38. The lowest BCUT2D eigenvalue weighted by Gasteiger charge is -2.22. The molecule has 2 aromatic carbocycles. The first-order valence-corrected chi connectivity index (χ1v) is 16.1. The molecule has 1 aliphatic carbocycles. The minimum absolute atomic E-state index is 0.0760. The number of carbonyl (C=O) groups is 1. The minimum Gasteiger partial charge on any atom is -0.341 e. The monoisotopic (exact) mass is 601 g/mol. The van der Waals surface area contributed by atoms with Gasteiger partial charge >= 0.3 is 0 Å². The Morgan fingerprint density at radius 3 is 2.40 bits per heavy atom. The molecule has 1 N–H and O–H groups in total. The Balaban J connectivity index is 1.28. The first kappa shape index (κ1) is 29.0. The molecule has 1 saturated carbocycles. The molecule has 4 heterocycles. The van der Waals surface area contributed by atoms with Crippen LogP contribution in [0.15, 0.2) is 71.7 Å². The van der Waals surface area contributed by atoms with E-state index in [9.17, 15) is 9.59 Å². The smallest absolute Gasteiger partial charge is 0.260 e. The molecule has 0 atom stereocenters. The van der Waals surface area contributed by atoms with Gasteiger partial charge in [-0.3, -0.25) is 14.2 Å². The quantitative estimate of drug-likeness (QED) is 0.224. The second-order valence-corrected chi connectivity index (χ2v) is 12.4. The summed E-state index contributed by atoms with van der Waals surface area (Å²) in [5, 5.41) is 8.79. The van der Waals surface area contributed by atoms with E-state index in [-0.39, 0.29) is 18.0 Å². The second kappa shape index (κ2) is 12.3. The van der Waals surface area contributed by atoms with Crippen LogP contribution in [0.1, 0.15) is 67.8 Å². The Morgan fingerprint density at radius 1 is 0.933 bits per heavy atom. The van der Waals surface area contributed by atoms with Crippen LogP contribution in [0, 0.1) is 13.8 Å². The van der Waals surface area contributed by atoms with Gasteiger partial charge in [-0.05, 0) is 81.3 Å². The van der Waals surface area contributed by atoms with Gasteiger partial charge in [0.05, 0.1) is 16.9 Å². The highest BCUT2D eigenvalue weighted by Gasteiger charge is 2.24. The summed E-state index contributed by atoms with van der Waals surface area (Å²) in [5.74, 6) is 0.938. The van der Waals surface area contributed by atoms with Gasteiger partial charge < -0.3 is 10.2 Å². The maximum absolute atomic E-state index is 14.3. The van der Waals surface area contributed by atoms with E-state index in [2.05, 4.69) is 34.6 Å². The van der Waals surface area contributed by atoms with E-state index in [1.54, 1.807) is 6.20 Å². The van der Waals surface area contributed by atoms with Crippen molar-refractivity contribution in [3.05, 3.63) is 94.2 Å². The molecule has 230 valence electrons. The molecule has 0 bridgehead atoms. The number of carbonyl (C=O) groups excluding carboxylic acids is 1. The van der Waals surface area contributed by atoms with Crippen molar-refractivity contribution in [1.82, 2.24) is 29.2 Å². The Bertz CT molecular complexity index is 1900. The number of likely N-dealkylation sites (tertiary alicyclic amines) is 1.